The van der Waals surface area contributed by atoms with E-state index >= 15 is 0 Å². The number of thiophene rings is 2. The minimum Gasteiger partial charge on any atom is -0.149 e. The lowest BCUT2D eigenvalue weighted by Gasteiger charge is -2.16. The average molecular weight is 222 g/mol. The van der Waals surface area contributed by atoms with Crippen molar-refractivity contribution in [1.82, 2.24) is 0 Å². The summed E-state index contributed by atoms with van der Waals surface area (Å²) in [6, 6.07) is 8.74. The molecular weight excluding hydrogens is 208 g/mol. The largest absolute Gasteiger partial charge is 0.149 e. The molecular formula is C12H14S2. The molecule has 0 aromatic carbocycles. The number of rotatable bonds is 3. The first-order valence-corrected chi connectivity index (χ1v) is 6.62. The fraction of sp³-hybridized carbons (Fsp3) is 0.333. The van der Waals surface area contributed by atoms with Crippen LogP contribution in [-0.2, 0) is 0 Å². The summed E-state index contributed by atoms with van der Waals surface area (Å²) in [6.07, 6.45) is 0. The molecule has 0 saturated heterocycles. The highest BCUT2D eigenvalue weighted by atomic mass is 32.1. The van der Waals surface area contributed by atoms with Crippen LogP contribution in [0.15, 0.2) is 35.0 Å². The molecule has 2 unspecified atom stereocenters. The summed E-state index contributed by atoms with van der Waals surface area (Å²) in [5, 5.41) is 4.32. The molecule has 0 aliphatic rings. The molecule has 0 fully saturated rings. The van der Waals surface area contributed by atoms with Crippen LogP contribution < -0.4 is 0 Å². The molecule has 2 aromatic heterocycles. The summed E-state index contributed by atoms with van der Waals surface area (Å²) < 4.78 is 0. The molecule has 2 heterocycles. The van der Waals surface area contributed by atoms with Crippen molar-refractivity contribution in [2.24, 2.45) is 0 Å². The second-order valence-electron chi connectivity index (χ2n) is 3.61. The molecule has 0 radical (unpaired) electrons. The Morgan fingerprint density at radius 1 is 0.857 bits per heavy atom. The molecule has 0 aliphatic heterocycles. The zero-order valence-electron chi connectivity index (χ0n) is 8.44. The Bertz CT molecular complexity index is 321. The van der Waals surface area contributed by atoms with Crippen molar-refractivity contribution in [3.05, 3.63) is 44.8 Å². The molecule has 0 spiro atoms. The van der Waals surface area contributed by atoms with E-state index in [1.807, 2.05) is 22.7 Å². The Morgan fingerprint density at radius 3 is 1.57 bits per heavy atom. The molecule has 74 valence electrons. The number of hydrogen-bond donors (Lipinski definition) is 0. The highest BCUT2D eigenvalue weighted by Crippen LogP contribution is 2.36. The standard InChI is InChI=1S/C12H14S2/c1-9(11-5-3-7-13-11)10(2)12-6-4-8-14-12/h3-10H,1-2H3. The molecule has 2 heteroatoms. The van der Waals surface area contributed by atoms with Gasteiger partial charge in [0.15, 0.2) is 0 Å². The predicted molar refractivity (Wildman–Crippen MR) is 65.5 cm³/mol. The van der Waals surface area contributed by atoms with Crippen molar-refractivity contribution < 1.29 is 0 Å². The van der Waals surface area contributed by atoms with Crippen molar-refractivity contribution in [3.8, 4) is 0 Å². The molecule has 0 N–H and O–H groups in total. The van der Waals surface area contributed by atoms with Crippen LogP contribution in [0.1, 0.15) is 35.4 Å². The molecule has 2 rings (SSSR count). The Labute approximate surface area is 93.2 Å². The maximum Gasteiger partial charge on any atom is 0.00797 e. The maximum absolute atomic E-state index is 2.32. The van der Waals surface area contributed by atoms with Crippen LogP contribution in [0.2, 0.25) is 0 Å². The van der Waals surface area contributed by atoms with E-state index in [9.17, 15) is 0 Å². The van der Waals surface area contributed by atoms with Gasteiger partial charge in [0.2, 0.25) is 0 Å². The zero-order chi connectivity index (χ0) is 9.97. The van der Waals surface area contributed by atoms with Gasteiger partial charge in [0.1, 0.15) is 0 Å². The lowest BCUT2D eigenvalue weighted by atomic mass is 9.93. The lowest BCUT2D eigenvalue weighted by molar-refractivity contribution is 0.643. The Kier molecular flexibility index (Phi) is 3.04. The molecule has 0 aliphatic carbocycles. The molecule has 0 amide bonds. The monoisotopic (exact) mass is 222 g/mol. The fourth-order valence-corrected chi connectivity index (χ4v) is 3.37. The minimum atomic E-state index is 0.633. The number of hydrogen-bond acceptors (Lipinski definition) is 2. The summed E-state index contributed by atoms with van der Waals surface area (Å²) in [5.41, 5.74) is 0. The molecule has 2 aromatic rings. The smallest absolute Gasteiger partial charge is 0.00797 e. The first-order valence-electron chi connectivity index (χ1n) is 4.86. The van der Waals surface area contributed by atoms with Gasteiger partial charge in [-0.1, -0.05) is 26.0 Å². The van der Waals surface area contributed by atoms with E-state index in [2.05, 4.69) is 48.9 Å². The van der Waals surface area contributed by atoms with E-state index in [1.54, 1.807) is 0 Å². The first-order chi connectivity index (χ1) is 6.79. The van der Waals surface area contributed by atoms with Gasteiger partial charge >= 0.3 is 0 Å². The van der Waals surface area contributed by atoms with Gasteiger partial charge in [0.05, 0.1) is 0 Å². The van der Waals surface area contributed by atoms with Crippen LogP contribution in [0.3, 0.4) is 0 Å². The molecule has 2 atom stereocenters. The van der Waals surface area contributed by atoms with Crippen LogP contribution in [0.5, 0.6) is 0 Å². The molecule has 0 nitrogen and oxygen atoms in total. The van der Waals surface area contributed by atoms with Gasteiger partial charge in [-0.2, -0.15) is 0 Å². The third kappa shape index (κ3) is 1.91. The lowest BCUT2D eigenvalue weighted by Crippen LogP contribution is -2.00. The van der Waals surface area contributed by atoms with Crippen molar-refractivity contribution in [2.75, 3.05) is 0 Å². The normalized spacial score (nSPS) is 15.3. The van der Waals surface area contributed by atoms with E-state index in [1.165, 1.54) is 9.75 Å². The van der Waals surface area contributed by atoms with E-state index in [0.29, 0.717) is 11.8 Å². The van der Waals surface area contributed by atoms with Gasteiger partial charge < -0.3 is 0 Å². The zero-order valence-corrected chi connectivity index (χ0v) is 10.1. The Morgan fingerprint density at radius 2 is 1.29 bits per heavy atom. The van der Waals surface area contributed by atoms with Gasteiger partial charge in [0, 0.05) is 9.75 Å². The Balaban J connectivity index is 2.16. The van der Waals surface area contributed by atoms with Gasteiger partial charge in [-0.3, -0.25) is 0 Å². The summed E-state index contributed by atoms with van der Waals surface area (Å²) in [6.45, 7) is 4.63. The van der Waals surface area contributed by atoms with Crippen molar-refractivity contribution >= 4 is 22.7 Å². The van der Waals surface area contributed by atoms with E-state index in [0.717, 1.165) is 0 Å². The Hall–Kier alpha value is -0.600. The van der Waals surface area contributed by atoms with Crippen LogP contribution >= 0.6 is 22.7 Å². The summed E-state index contributed by atoms with van der Waals surface area (Å²) in [4.78, 5) is 2.98. The highest BCUT2D eigenvalue weighted by molar-refractivity contribution is 7.10. The average Bonchev–Trinajstić information content (AvgIpc) is 2.87. The van der Waals surface area contributed by atoms with Gasteiger partial charge in [-0.15, -0.1) is 22.7 Å². The highest BCUT2D eigenvalue weighted by Gasteiger charge is 2.17. The molecule has 0 saturated carbocycles. The van der Waals surface area contributed by atoms with Gasteiger partial charge in [-0.25, -0.2) is 0 Å². The van der Waals surface area contributed by atoms with Crippen molar-refractivity contribution in [2.45, 2.75) is 25.7 Å². The first kappa shape index (κ1) is 9.94. The summed E-state index contributed by atoms with van der Waals surface area (Å²) >= 11 is 3.72. The summed E-state index contributed by atoms with van der Waals surface area (Å²) in [7, 11) is 0. The van der Waals surface area contributed by atoms with E-state index < -0.39 is 0 Å². The van der Waals surface area contributed by atoms with Crippen LogP contribution in [0.25, 0.3) is 0 Å². The minimum absolute atomic E-state index is 0.633. The quantitative estimate of drug-likeness (QED) is 0.705. The molecule has 0 bridgehead atoms. The van der Waals surface area contributed by atoms with Crippen LogP contribution in [0, 0.1) is 0 Å². The predicted octanol–water partition coefficient (Wildman–Crippen LogP) is 4.72. The van der Waals surface area contributed by atoms with E-state index in [4.69, 9.17) is 0 Å². The van der Waals surface area contributed by atoms with Crippen molar-refractivity contribution in [1.29, 1.82) is 0 Å². The third-order valence-electron chi connectivity index (χ3n) is 2.73. The second-order valence-corrected chi connectivity index (χ2v) is 5.57. The maximum atomic E-state index is 2.32. The molecule has 14 heavy (non-hydrogen) atoms. The SMILES string of the molecule is CC(c1cccs1)C(C)c1cccs1. The fourth-order valence-electron chi connectivity index (χ4n) is 1.59. The second kappa shape index (κ2) is 4.28. The van der Waals surface area contributed by atoms with Crippen LogP contribution in [0.4, 0.5) is 0 Å². The topological polar surface area (TPSA) is 0 Å². The third-order valence-corrected chi connectivity index (χ3v) is 4.88. The van der Waals surface area contributed by atoms with E-state index in [-0.39, 0.29) is 0 Å². The van der Waals surface area contributed by atoms with Gasteiger partial charge in [0.25, 0.3) is 0 Å². The van der Waals surface area contributed by atoms with Gasteiger partial charge in [-0.05, 0) is 34.7 Å². The summed E-state index contributed by atoms with van der Waals surface area (Å²) in [5.74, 6) is 1.27. The van der Waals surface area contributed by atoms with Crippen molar-refractivity contribution in [3.63, 3.8) is 0 Å². The van der Waals surface area contributed by atoms with Crippen LogP contribution in [-0.4, -0.2) is 0 Å².